The van der Waals surface area contributed by atoms with Crippen molar-refractivity contribution in [1.82, 2.24) is 15.0 Å². The van der Waals surface area contributed by atoms with E-state index < -0.39 is 6.04 Å². The van der Waals surface area contributed by atoms with Gasteiger partial charge >= 0.3 is 0 Å². The molecule has 1 aromatic rings. The highest BCUT2D eigenvalue weighted by Gasteiger charge is 2.18. The van der Waals surface area contributed by atoms with Crippen molar-refractivity contribution in [1.29, 1.82) is 0 Å². The quantitative estimate of drug-likeness (QED) is 0.353. The maximum Gasteiger partial charge on any atom is 0.242 e. The fourth-order valence-corrected chi connectivity index (χ4v) is 1.62. The molecule has 0 bridgehead atoms. The molecule has 1 atom stereocenters. The van der Waals surface area contributed by atoms with Crippen molar-refractivity contribution in [2.24, 2.45) is 17.3 Å². The summed E-state index contributed by atoms with van der Waals surface area (Å²) in [5.74, 6) is 6.60. The maximum absolute atomic E-state index is 5.83. The summed E-state index contributed by atoms with van der Waals surface area (Å²) in [5.41, 5.74) is 13.7. The number of hydrogen-bond acceptors (Lipinski definition) is 9. The Balaban J connectivity index is 2.27. The van der Waals surface area contributed by atoms with Crippen molar-refractivity contribution in [2.45, 2.75) is 6.04 Å². The number of aromatic nitrogens is 3. The normalized spacial score (nSPS) is 17.6. The van der Waals surface area contributed by atoms with Crippen LogP contribution in [0.3, 0.4) is 0 Å². The van der Waals surface area contributed by atoms with E-state index in [4.69, 9.17) is 22.0 Å². The van der Waals surface area contributed by atoms with Gasteiger partial charge in [0.2, 0.25) is 11.9 Å². The molecule has 0 spiro atoms. The Morgan fingerprint density at radius 1 is 1.28 bits per heavy atom. The van der Waals surface area contributed by atoms with Crippen molar-refractivity contribution >= 4 is 11.9 Å². The molecule has 9 heteroatoms. The Labute approximate surface area is 105 Å². The first-order chi connectivity index (χ1) is 8.74. The fourth-order valence-electron chi connectivity index (χ4n) is 1.62. The van der Waals surface area contributed by atoms with Crippen molar-refractivity contribution in [3.8, 4) is 0 Å². The first-order valence-corrected chi connectivity index (χ1v) is 5.75. The third-order valence-electron chi connectivity index (χ3n) is 2.65. The summed E-state index contributed by atoms with van der Waals surface area (Å²) < 4.78 is 5.28. The number of nitrogens with zero attached hydrogens (tertiary/aromatic N) is 4. The number of nitrogens with two attached hydrogens (primary N) is 3. The molecule has 1 aromatic heterocycles. The van der Waals surface area contributed by atoms with Crippen LogP contribution in [0.15, 0.2) is 0 Å². The van der Waals surface area contributed by atoms with E-state index >= 15 is 0 Å². The van der Waals surface area contributed by atoms with Crippen molar-refractivity contribution in [2.75, 3.05) is 43.2 Å². The lowest BCUT2D eigenvalue weighted by atomic mass is 10.3. The molecule has 2 rings (SSSR count). The van der Waals surface area contributed by atoms with Crippen LogP contribution in [0, 0.1) is 0 Å². The Bertz CT molecular complexity index is 394. The summed E-state index contributed by atoms with van der Waals surface area (Å²) in [6, 6.07) is -0.431. The zero-order chi connectivity index (χ0) is 13.0. The molecular weight excluding hydrogens is 236 g/mol. The lowest BCUT2D eigenvalue weighted by molar-refractivity contribution is 0.122. The summed E-state index contributed by atoms with van der Waals surface area (Å²) >= 11 is 0. The average Bonchev–Trinajstić information content (AvgIpc) is 2.46. The number of rotatable bonds is 4. The van der Waals surface area contributed by atoms with Gasteiger partial charge in [-0.3, -0.25) is 5.43 Å². The first kappa shape index (κ1) is 12.9. The topological polar surface area (TPSA) is 141 Å². The van der Waals surface area contributed by atoms with Crippen molar-refractivity contribution in [3.05, 3.63) is 5.82 Å². The highest BCUT2D eigenvalue weighted by atomic mass is 16.5. The predicted molar refractivity (Wildman–Crippen MR) is 66.7 cm³/mol. The largest absolute Gasteiger partial charge is 0.378 e. The number of anilines is 2. The number of ether oxygens (including phenoxy) is 1. The highest BCUT2D eigenvalue weighted by Crippen LogP contribution is 2.14. The first-order valence-electron chi connectivity index (χ1n) is 5.75. The van der Waals surface area contributed by atoms with Gasteiger partial charge in [0.1, 0.15) is 0 Å². The standard InChI is InChI=1S/C9H18N8O/c10-5-6(11)7-13-8(16-12)15-9(14-7)17-1-3-18-4-2-17/h6H,1-5,10-12H2,(H,13,14,15,16). The zero-order valence-corrected chi connectivity index (χ0v) is 10.0. The Hall–Kier alpha value is -1.55. The molecule has 7 N–H and O–H groups in total. The molecule has 0 amide bonds. The third-order valence-corrected chi connectivity index (χ3v) is 2.65. The molecule has 1 unspecified atom stereocenters. The van der Waals surface area contributed by atoms with Gasteiger partial charge in [-0.15, -0.1) is 0 Å². The number of morpholine rings is 1. The van der Waals surface area contributed by atoms with Crippen LogP contribution in [0.25, 0.3) is 0 Å². The molecule has 9 nitrogen and oxygen atoms in total. The number of nitrogen functional groups attached to an aromatic ring is 1. The molecule has 1 aliphatic heterocycles. The molecule has 1 saturated heterocycles. The predicted octanol–water partition coefficient (Wildman–Crippen LogP) is -2.05. The van der Waals surface area contributed by atoms with E-state index in [1.165, 1.54) is 0 Å². The van der Waals surface area contributed by atoms with Gasteiger partial charge < -0.3 is 21.1 Å². The van der Waals surface area contributed by atoms with Crippen LogP contribution in [0.5, 0.6) is 0 Å². The van der Waals surface area contributed by atoms with Crippen LogP contribution in [0.4, 0.5) is 11.9 Å². The summed E-state index contributed by atoms with van der Waals surface area (Å²) in [4.78, 5) is 14.6. The maximum atomic E-state index is 5.83. The smallest absolute Gasteiger partial charge is 0.242 e. The third kappa shape index (κ3) is 2.82. The molecule has 2 heterocycles. The lowest BCUT2D eigenvalue weighted by Gasteiger charge is -2.27. The fraction of sp³-hybridized carbons (Fsp3) is 0.667. The zero-order valence-electron chi connectivity index (χ0n) is 10.0. The molecule has 0 saturated carbocycles. The molecule has 1 aliphatic rings. The van der Waals surface area contributed by atoms with Gasteiger partial charge in [-0.25, -0.2) is 5.84 Å². The molecule has 1 fully saturated rings. The number of hydrazine groups is 1. The van der Waals surface area contributed by atoms with E-state index in [1.54, 1.807) is 0 Å². The minimum Gasteiger partial charge on any atom is -0.378 e. The van der Waals surface area contributed by atoms with Crippen LogP contribution < -0.4 is 27.6 Å². The van der Waals surface area contributed by atoms with E-state index in [1.807, 2.05) is 4.90 Å². The summed E-state index contributed by atoms with van der Waals surface area (Å²) in [5, 5.41) is 0. The summed E-state index contributed by atoms with van der Waals surface area (Å²) in [6.45, 7) is 3.01. The molecule has 0 radical (unpaired) electrons. The second-order valence-corrected chi connectivity index (χ2v) is 3.90. The minimum atomic E-state index is -0.431. The Morgan fingerprint density at radius 2 is 2.00 bits per heavy atom. The van der Waals surface area contributed by atoms with Gasteiger partial charge in [0.15, 0.2) is 5.82 Å². The van der Waals surface area contributed by atoms with Crippen LogP contribution in [0.1, 0.15) is 11.9 Å². The summed E-state index contributed by atoms with van der Waals surface area (Å²) in [7, 11) is 0. The SMILES string of the molecule is NCC(N)c1nc(NN)nc(N2CCOCC2)n1. The van der Waals surface area contributed by atoms with E-state index in [0.29, 0.717) is 25.0 Å². The van der Waals surface area contributed by atoms with Crippen LogP contribution in [-0.4, -0.2) is 47.8 Å². The van der Waals surface area contributed by atoms with Gasteiger partial charge in [0.05, 0.1) is 19.3 Å². The Kier molecular flexibility index (Phi) is 4.20. The number of nitrogens with one attached hydrogen (secondary N) is 1. The van der Waals surface area contributed by atoms with E-state index in [9.17, 15) is 0 Å². The molecule has 100 valence electrons. The van der Waals surface area contributed by atoms with Gasteiger partial charge in [0.25, 0.3) is 0 Å². The van der Waals surface area contributed by atoms with Gasteiger partial charge in [0, 0.05) is 19.6 Å². The second kappa shape index (κ2) is 5.87. The van der Waals surface area contributed by atoms with E-state index in [2.05, 4.69) is 20.4 Å². The van der Waals surface area contributed by atoms with Gasteiger partial charge in [-0.05, 0) is 0 Å². The van der Waals surface area contributed by atoms with Crippen LogP contribution >= 0.6 is 0 Å². The lowest BCUT2D eigenvalue weighted by Crippen LogP contribution is -2.38. The molecule has 18 heavy (non-hydrogen) atoms. The average molecular weight is 254 g/mol. The number of hydrogen-bond donors (Lipinski definition) is 4. The van der Waals surface area contributed by atoms with Crippen molar-refractivity contribution in [3.63, 3.8) is 0 Å². The summed E-state index contributed by atoms with van der Waals surface area (Å²) in [6.07, 6.45) is 0. The van der Waals surface area contributed by atoms with E-state index in [0.717, 1.165) is 13.1 Å². The van der Waals surface area contributed by atoms with Crippen LogP contribution in [-0.2, 0) is 4.74 Å². The molecule has 0 aliphatic carbocycles. The van der Waals surface area contributed by atoms with Gasteiger partial charge in [-0.2, -0.15) is 15.0 Å². The van der Waals surface area contributed by atoms with Crippen molar-refractivity contribution < 1.29 is 4.74 Å². The molecular formula is C9H18N8O. The van der Waals surface area contributed by atoms with Crippen LogP contribution in [0.2, 0.25) is 0 Å². The monoisotopic (exact) mass is 254 g/mol. The Morgan fingerprint density at radius 3 is 2.61 bits per heavy atom. The second-order valence-electron chi connectivity index (χ2n) is 3.90. The highest BCUT2D eigenvalue weighted by molar-refractivity contribution is 5.37. The minimum absolute atomic E-state index is 0.260. The van der Waals surface area contributed by atoms with E-state index in [-0.39, 0.29) is 12.5 Å². The molecule has 0 aromatic carbocycles. The van der Waals surface area contributed by atoms with Gasteiger partial charge in [-0.1, -0.05) is 0 Å².